The molecule has 2 aromatic heterocycles. The average Bonchev–Trinajstić information content (AvgIpc) is 2.82. The Morgan fingerprint density at radius 2 is 2.00 bits per heavy atom. The zero-order chi connectivity index (χ0) is 14.2. The van der Waals surface area contributed by atoms with E-state index >= 15 is 0 Å². The van der Waals surface area contributed by atoms with Gasteiger partial charge in [-0.25, -0.2) is 4.31 Å². The van der Waals surface area contributed by atoms with Crippen molar-refractivity contribution in [3.8, 4) is 0 Å². The van der Waals surface area contributed by atoms with Gasteiger partial charge in [0, 0.05) is 59.6 Å². The molecule has 2 aliphatic rings. The summed E-state index contributed by atoms with van der Waals surface area (Å²) >= 11 is 2.33. The van der Waals surface area contributed by atoms with Crippen LogP contribution in [0.15, 0.2) is 0 Å². The van der Waals surface area contributed by atoms with Gasteiger partial charge in [-0.2, -0.15) is 15.1 Å². The maximum Gasteiger partial charge on any atom is 0.229 e. The molecule has 2 aliphatic heterocycles. The Labute approximate surface area is 139 Å². The number of H-pyrrole nitrogens is 1. The molecular formula is C12H16IN7S. The number of hydrogen-bond acceptors (Lipinski definition) is 7. The highest BCUT2D eigenvalue weighted by molar-refractivity contribution is 14.2. The van der Waals surface area contributed by atoms with E-state index in [9.17, 15) is 0 Å². The Balaban J connectivity index is 1.68. The molecule has 0 unspecified atom stereocenters. The van der Waals surface area contributed by atoms with Crippen LogP contribution >= 0.6 is 30.3 Å². The van der Waals surface area contributed by atoms with Crippen LogP contribution in [0.25, 0.3) is 11.0 Å². The normalized spacial score (nSPS) is 19.6. The minimum atomic E-state index is 0.782. The number of nitrogens with one attached hydrogen (secondary N) is 2. The number of aromatic amines is 1. The molecule has 0 bridgehead atoms. The maximum atomic E-state index is 4.75. The molecule has 7 nitrogen and oxygen atoms in total. The Morgan fingerprint density at radius 3 is 2.81 bits per heavy atom. The number of rotatable bonds is 2. The van der Waals surface area contributed by atoms with Crippen molar-refractivity contribution in [3.05, 3.63) is 5.69 Å². The third-order valence-corrected chi connectivity index (χ3v) is 6.22. The first-order valence-electron chi connectivity index (χ1n) is 7.12. The Morgan fingerprint density at radius 1 is 1.14 bits per heavy atom. The molecule has 4 heterocycles. The van der Waals surface area contributed by atoms with E-state index in [1.165, 1.54) is 0 Å². The summed E-state index contributed by atoms with van der Waals surface area (Å²) in [6.07, 6.45) is 2.10. The van der Waals surface area contributed by atoms with Crippen LogP contribution in [-0.2, 0) is 6.42 Å². The SMILES string of the molecule is ISN1CCN(c2nc3c4c([nH]nc4n2)CCCN3)CC1. The first-order valence-corrected chi connectivity index (χ1v) is 10.4. The number of anilines is 2. The van der Waals surface area contributed by atoms with Gasteiger partial charge in [-0.1, -0.05) is 0 Å². The number of aryl methyl sites for hydroxylation is 1. The van der Waals surface area contributed by atoms with Crippen molar-refractivity contribution in [1.82, 2.24) is 24.5 Å². The molecule has 21 heavy (non-hydrogen) atoms. The van der Waals surface area contributed by atoms with Crippen molar-refractivity contribution < 1.29 is 0 Å². The summed E-state index contributed by atoms with van der Waals surface area (Å²) in [7, 11) is 1.77. The highest BCUT2D eigenvalue weighted by Gasteiger charge is 2.23. The van der Waals surface area contributed by atoms with Crippen LogP contribution in [0.4, 0.5) is 11.8 Å². The molecule has 0 aliphatic carbocycles. The van der Waals surface area contributed by atoms with E-state index in [2.05, 4.69) is 50.9 Å². The number of aromatic nitrogens is 4. The fourth-order valence-electron chi connectivity index (χ4n) is 2.85. The summed E-state index contributed by atoms with van der Waals surface area (Å²) in [4.78, 5) is 11.7. The first kappa shape index (κ1) is 13.8. The van der Waals surface area contributed by atoms with Crippen molar-refractivity contribution in [2.24, 2.45) is 0 Å². The molecule has 9 heteroatoms. The predicted molar refractivity (Wildman–Crippen MR) is 93.9 cm³/mol. The largest absolute Gasteiger partial charge is 0.369 e. The number of piperazine rings is 1. The van der Waals surface area contributed by atoms with E-state index in [-0.39, 0.29) is 0 Å². The van der Waals surface area contributed by atoms with Crippen molar-refractivity contribution in [2.45, 2.75) is 12.8 Å². The first-order chi connectivity index (χ1) is 10.3. The van der Waals surface area contributed by atoms with Crippen LogP contribution in [0.2, 0.25) is 0 Å². The fraction of sp³-hybridized carbons (Fsp3) is 0.583. The smallest absolute Gasteiger partial charge is 0.229 e. The number of halogens is 1. The molecule has 0 aromatic carbocycles. The monoisotopic (exact) mass is 417 g/mol. The van der Waals surface area contributed by atoms with Crippen LogP contribution in [0, 0.1) is 0 Å². The van der Waals surface area contributed by atoms with E-state index in [0.717, 1.165) is 74.1 Å². The summed E-state index contributed by atoms with van der Waals surface area (Å²) in [6.45, 7) is 4.93. The molecule has 2 aromatic rings. The molecule has 4 rings (SSSR count). The lowest BCUT2D eigenvalue weighted by atomic mass is 10.2. The lowest BCUT2D eigenvalue weighted by Gasteiger charge is -2.32. The zero-order valence-electron chi connectivity index (χ0n) is 11.5. The van der Waals surface area contributed by atoms with Gasteiger partial charge in [-0.15, -0.1) is 0 Å². The average molecular weight is 417 g/mol. The van der Waals surface area contributed by atoms with E-state index in [1.54, 1.807) is 9.12 Å². The Kier molecular flexibility index (Phi) is 3.79. The van der Waals surface area contributed by atoms with Gasteiger partial charge in [-0.3, -0.25) is 5.10 Å². The van der Waals surface area contributed by atoms with Gasteiger partial charge in [0.25, 0.3) is 0 Å². The molecular weight excluding hydrogens is 401 g/mol. The molecule has 112 valence electrons. The van der Waals surface area contributed by atoms with Gasteiger partial charge in [0.1, 0.15) is 5.82 Å². The summed E-state index contributed by atoms with van der Waals surface area (Å²) in [6, 6.07) is 0. The second-order valence-corrected chi connectivity index (χ2v) is 7.12. The van der Waals surface area contributed by atoms with Crippen molar-refractivity contribution >= 4 is 53.1 Å². The molecule has 0 amide bonds. The standard InChI is InChI=1S/C12H16IN7S/c13-21-20-6-4-19(5-7-20)12-15-10-9-8(2-1-3-14-10)17-18-11(9)16-12/h1-7H2,(H2,14,15,16,17,18). The predicted octanol–water partition coefficient (Wildman–Crippen LogP) is 1.83. The lowest BCUT2D eigenvalue weighted by molar-refractivity contribution is 0.430. The van der Waals surface area contributed by atoms with E-state index < -0.39 is 0 Å². The van der Waals surface area contributed by atoms with Crippen molar-refractivity contribution in [3.63, 3.8) is 0 Å². The summed E-state index contributed by atoms with van der Waals surface area (Å²) in [5, 5.41) is 12.0. The van der Waals surface area contributed by atoms with Gasteiger partial charge >= 0.3 is 0 Å². The minimum Gasteiger partial charge on any atom is -0.369 e. The number of nitrogens with zero attached hydrogens (tertiary/aromatic N) is 5. The third-order valence-electron chi connectivity index (χ3n) is 3.99. The van der Waals surface area contributed by atoms with Crippen molar-refractivity contribution in [1.29, 1.82) is 0 Å². The van der Waals surface area contributed by atoms with Gasteiger partial charge < -0.3 is 10.2 Å². The summed E-state index contributed by atoms with van der Waals surface area (Å²) in [5.74, 6) is 1.73. The van der Waals surface area contributed by atoms with Crippen LogP contribution in [-0.4, -0.2) is 57.2 Å². The van der Waals surface area contributed by atoms with E-state index in [0.29, 0.717) is 0 Å². The summed E-state index contributed by atoms with van der Waals surface area (Å²) < 4.78 is 2.36. The fourth-order valence-corrected chi connectivity index (χ4v) is 4.33. The Hall–Kier alpha value is -0.810. The quantitative estimate of drug-likeness (QED) is 0.571. The molecule has 0 saturated carbocycles. The molecule has 0 radical (unpaired) electrons. The zero-order valence-corrected chi connectivity index (χ0v) is 14.4. The summed E-state index contributed by atoms with van der Waals surface area (Å²) in [5.41, 5.74) is 1.94. The van der Waals surface area contributed by atoms with Crippen molar-refractivity contribution in [2.75, 3.05) is 42.9 Å². The molecule has 1 fully saturated rings. The van der Waals surface area contributed by atoms with Gasteiger partial charge in [0.2, 0.25) is 5.95 Å². The Bertz CT molecular complexity index is 652. The topological polar surface area (TPSA) is 73.0 Å². The van der Waals surface area contributed by atoms with Gasteiger partial charge in [0.05, 0.1) is 5.39 Å². The molecule has 1 saturated heterocycles. The van der Waals surface area contributed by atoms with Crippen LogP contribution in [0.3, 0.4) is 0 Å². The molecule has 0 atom stereocenters. The van der Waals surface area contributed by atoms with E-state index in [1.807, 2.05) is 0 Å². The highest BCUT2D eigenvalue weighted by atomic mass is 127. The van der Waals surface area contributed by atoms with Crippen LogP contribution in [0.1, 0.15) is 12.1 Å². The second kappa shape index (κ2) is 5.76. The number of hydrogen-bond donors (Lipinski definition) is 2. The molecule has 2 N–H and O–H groups in total. The highest BCUT2D eigenvalue weighted by Crippen LogP contribution is 2.29. The third kappa shape index (κ3) is 2.55. The maximum absolute atomic E-state index is 4.75. The minimum absolute atomic E-state index is 0.782. The van der Waals surface area contributed by atoms with E-state index in [4.69, 9.17) is 4.98 Å². The van der Waals surface area contributed by atoms with Gasteiger partial charge in [-0.05, 0) is 22.0 Å². The molecule has 0 spiro atoms. The van der Waals surface area contributed by atoms with Gasteiger partial charge in [0.15, 0.2) is 5.65 Å². The van der Waals surface area contributed by atoms with Crippen LogP contribution < -0.4 is 10.2 Å². The lowest BCUT2D eigenvalue weighted by Crippen LogP contribution is -2.43. The van der Waals surface area contributed by atoms with Crippen LogP contribution in [0.5, 0.6) is 0 Å². The second-order valence-electron chi connectivity index (χ2n) is 5.29.